The van der Waals surface area contributed by atoms with E-state index in [0.29, 0.717) is 0 Å². The first-order valence-electron chi connectivity index (χ1n) is 4.36. The van der Waals surface area contributed by atoms with Crippen LogP contribution in [-0.2, 0) is 7.05 Å². The summed E-state index contributed by atoms with van der Waals surface area (Å²) in [6.45, 7) is 0. The first-order valence-corrected chi connectivity index (χ1v) is 5.30. The van der Waals surface area contributed by atoms with E-state index in [2.05, 4.69) is 15.4 Å². The minimum atomic E-state index is 0.133. The van der Waals surface area contributed by atoms with E-state index in [0.717, 1.165) is 11.4 Å². The number of hydrogen-bond acceptors (Lipinski definition) is 4. The summed E-state index contributed by atoms with van der Waals surface area (Å²) in [5.41, 5.74) is 4.01. The molecule has 2 heterocycles. The fourth-order valence-electron chi connectivity index (χ4n) is 1.48. The summed E-state index contributed by atoms with van der Waals surface area (Å²) in [5, 5.41) is 9.43. The molecule has 74 valence electrons. The largest absolute Gasteiger partial charge is 0.307 e. The summed E-state index contributed by atoms with van der Waals surface area (Å²) < 4.78 is 1.86. The average molecular weight is 208 g/mol. The van der Waals surface area contributed by atoms with E-state index >= 15 is 0 Å². The van der Waals surface area contributed by atoms with E-state index in [1.807, 2.05) is 35.7 Å². The summed E-state index contributed by atoms with van der Waals surface area (Å²) in [6.07, 6.45) is 1.80. The molecule has 0 aliphatic rings. The van der Waals surface area contributed by atoms with Gasteiger partial charge in [0.05, 0.1) is 22.9 Å². The van der Waals surface area contributed by atoms with Gasteiger partial charge in [-0.1, -0.05) is 0 Å². The molecule has 4 nitrogen and oxygen atoms in total. The molecular weight excluding hydrogens is 196 g/mol. The van der Waals surface area contributed by atoms with Crippen molar-refractivity contribution in [3.8, 4) is 0 Å². The van der Waals surface area contributed by atoms with Gasteiger partial charge in [0.2, 0.25) is 0 Å². The number of hydrogen-bond donors (Lipinski definition) is 1. The fourth-order valence-corrected chi connectivity index (χ4v) is 2.06. The molecule has 0 radical (unpaired) electrons. The summed E-state index contributed by atoms with van der Waals surface area (Å²) in [4.78, 5) is 4.30. The Morgan fingerprint density at radius 3 is 2.93 bits per heavy atom. The zero-order chi connectivity index (χ0) is 9.97. The summed E-state index contributed by atoms with van der Waals surface area (Å²) >= 11 is 1.61. The number of rotatable bonds is 3. The topological polar surface area (TPSA) is 42.7 Å². The summed E-state index contributed by atoms with van der Waals surface area (Å²) in [6, 6.07) is 2.13. The smallest absolute Gasteiger partial charge is 0.0927 e. The first kappa shape index (κ1) is 9.36. The molecule has 2 rings (SSSR count). The van der Waals surface area contributed by atoms with Gasteiger partial charge < -0.3 is 5.32 Å². The van der Waals surface area contributed by atoms with E-state index in [1.165, 1.54) is 0 Å². The van der Waals surface area contributed by atoms with Gasteiger partial charge in [0.15, 0.2) is 0 Å². The predicted molar refractivity (Wildman–Crippen MR) is 56.2 cm³/mol. The highest BCUT2D eigenvalue weighted by atomic mass is 32.1. The van der Waals surface area contributed by atoms with Crippen LogP contribution in [-0.4, -0.2) is 21.8 Å². The first-order chi connectivity index (χ1) is 6.83. The van der Waals surface area contributed by atoms with E-state index in [4.69, 9.17) is 0 Å². The highest BCUT2D eigenvalue weighted by Crippen LogP contribution is 2.20. The van der Waals surface area contributed by atoms with E-state index in [1.54, 1.807) is 17.5 Å². The molecule has 2 aromatic heterocycles. The molecule has 1 unspecified atom stereocenters. The van der Waals surface area contributed by atoms with E-state index in [-0.39, 0.29) is 6.04 Å². The van der Waals surface area contributed by atoms with Crippen LogP contribution in [0.25, 0.3) is 0 Å². The van der Waals surface area contributed by atoms with Crippen molar-refractivity contribution in [1.29, 1.82) is 0 Å². The van der Waals surface area contributed by atoms with Crippen LogP contribution in [0.2, 0.25) is 0 Å². The van der Waals surface area contributed by atoms with E-state index < -0.39 is 0 Å². The van der Waals surface area contributed by atoms with Crippen molar-refractivity contribution in [2.24, 2.45) is 7.05 Å². The van der Waals surface area contributed by atoms with Crippen LogP contribution in [0.4, 0.5) is 0 Å². The Kier molecular flexibility index (Phi) is 2.60. The van der Waals surface area contributed by atoms with Gasteiger partial charge in [0.25, 0.3) is 0 Å². The number of aromatic nitrogens is 3. The molecule has 5 heteroatoms. The molecule has 0 saturated heterocycles. The van der Waals surface area contributed by atoms with Gasteiger partial charge >= 0.3 is 0 Å². The van der Waals surface area contributed by atoms with Gasteiger partial charge in [-0.15, -0.1) is 11.3 Å². The Hall–Kier alpha value is -1.20. The second-order valence-electron chi connectivity index (χ2n) is 3.01. The third-order valence-electron chi connectivity index (χ3n) is 2.19. The molecule has 1 atom stereocenters. The highest BCUT2D eigenvalue weighted by Gasteiger charge is 2.16. The molecule has 0 aliphatic heterocycles. The lowest BCUT2D eigenvalue weighted by Crippen LogP contribution is -2.20. The Labute approximate surface area is 86.6 Å². The minimum absolute atomic E-state index is 0.133. The Morgan fingerprint density at radius 1 is 1.57 bits per heavy atom. The Balaban J connectivity index is 2.36. The standard InChI is InChI=1S/C9H12N4S/c1-10-9(7-5-14-6-11-7)8-3-4-12-13(8)2/h3-6,9-10H,1-2H3. The SMILES string of the molecule is CNC(c1cscn1)c1ccnn1C. The highest BCUT2D eigenvalue weighted by molar-refractivity contribution is 7.07. The molecule has 14 heavy (non-hydrogen) atoms. The van der Waals surface area contributed by atoms with Crippen LogP contribution >= 0.6 is 11.3 Å². The third-order valence-corrected chi connectivity index (χ3v) is 2.80. The number of thiazole rings is 1. The lowest BCUT2D eigenvalue weighted by molar-refractivity contribution is 0.597. The van der Waals surface area contributed by atoms with E-state index in [9.17, 15) is 0 Å². The molecule has 2 aromatic rings. The Bertz CT molecular complexity index is 393. The number of aryl methyl sites for hydroxylation is 1. The van der Waals surface area contributed by atoms with Crippen molar-refractivity contribution < 1.29 is 0 Å². The average Bonchev–Trinajstić information content (AvgIpc) is 2.80. The monoisotopic (exact) mass is 208 g/mol. The van der Waals surface area contributed by atoms with Crippen LogP contribution < -0.4 is 5.32 Å². The third kappa shape index (κ3) is 1.56. The zero-order valence-corrected chi connectivity index (χ0v) is 8.95. The lowest BCUT2D eigenvalue weighted by atomic mass is 10.1. The van der Waals surface area contributed by atoms with Crippen molar-refractivity contribution in [1.82, 2.24) is 20.1 Å². The number of nitrogens with zero attached hydrogens (tertiary/aromatic N) is 3. The van der Waals surface area contributed by atoms with Crippen molar-refractivity contribution in [3.05, 3.63) is 34.5 Å². The van der Waals surface area contributed by atoms with Crippen LogP contribution in [0.1, 0.15) is 17.4 Å². The minimum Gasteiger partial charge on any atom is -0.307 e. The van der Waals surface area contributed by atoms with Crippen molar-refractivity contribution in [2.45, 2.75) is 6.04 Å². The molecule has 0 aromatic carbocycles. The molecule has 0 spiro atoms. The van der Waals surface area contributed by atoms with Crippen LogP contribution in [0, 0.1) is 0 Å². The van der Waals surface area contributed by atoms with Crippen molar-refractivity contribution in [3.63, 3.8) is 0 Å². The van der Waals surface area contributed by atoms with Crippen molar-refractivity contribution >= 4 is 11.3 Å². The van der Waals surface area contributed by atoms with Gasteiger partial charge in [0.1, 0.15) is 0 Å². The van der Waals surface area contributed by atoms with Gasteiger partial charge in [-0.25, -0.2) is 4.98 Å². The summed E-state index contributed by atoms with van der Waals surface area (Å²) in [7, 11) is 3.86. The fraction of sp³-hybridized carbons (Fsp3) is 0.333. The molecule has 1 N–H and O–H groups in total. The van der Waals surface area contributed by atoms with Crippen LogP contribution in [0.15, 0.2) is 23.2 Å². The molecule has 0 fully saturated rings. The molecule has 0 amide bonds. The quantitative estimate of drug-likeness (QED) is 0.823. The van der Waals surface area contributed by atoms with Crippen LogP contribution in [0.5, 0.6) is 0 Å². The molecule has 0 bridgehead atoms. The maximum atomic E-state index is 4.30. The zero-order valence-electron chi connectivity index (χ0n) is 8.14. The molecular formula is C9H12N4S. The Morgan fingerprint density at radius 2 is 2.43 bits per heavy atom. The van der Waals surface area contributed by atoms with Gasteiger partial charge in [-0.05, 0) is 13.1 Å². The lowest BCUT2D eigenvalue weighted by Gasteiger charge is -2.13. The molecule has 0 aliphatic carbocycles. The maximum absolute atomic E-state index is 4.30. The normalized spacial score (nSPS) is 13.0. The van der Waals surface area contributed by atoms with Gasteiger partial charge in [0, 0.05) is 18.6 Å². The molecule has 0 saturated carbocycles. The second kappa shape index (κ2) is 3.89. The van der Waals surface area contributed by atoms with Crippen LogP contribution in [0.3, 0.4) is 0 Å². The van der Waals surface area contributed by atoms with Gasteiger partial charge in [-0.3, -0.25) is 4.68 Å². The maximum Gasteiger partial charge on any atom is 0.0927 e. The van der Waals surface area contributed by atoms with Gasteiger partial charge in [-0.2, -0.15) is 5.10 Å². The summed E-state index contributed by atoms with van der Waals surface area (Å²) in [5.74, 6) is 0. The second-order valence-corrected chi connectivity index (χ2v) is 3.73. The number of nitrogens with one attached hydrogen (secondary N) is 1. The predicted octanol–water partition coefficient (Wildman–Crippen LogP) is 1.19. The van der Waals surface area contributed by atoms with Crippen molar-refractivity contribution in [2.75, 3.05) is 7.05 Å².